The summed E-state index contributed by atoms with van der Waals surface area (Å²) in [4.78, 5) is 0. The van der Waals surface area contributed by atoms with Crippen molar-refractivity contribution >= 4 is 30.8 Å². The van der Waals surface area contributed by atoms with Crippen LogP contribution in [-0.4, -0.2) is 14.9 Å². The number of hydrogen-bond acceptors (Lipinski definition) is 0. The van der Waals surface area contributed by atoms with Gasteiger partial charge in [0.2, 0.25) is 0 Å². The second-order valence-corrected chi connectivity index (χ2v) is 3.74. The summed E-state index contributed by atoms with van der Waals surface area (Å²) in [7, 11) is 6.01. The van der Waals surface area contributed by atoms with Gasteiger partial charge in [-0.2, -0.15) is 0 Å². The second kappa shape index (κ2) is 6.31. The molecule has 13 heavy (non-hydrogen) atoms. The van der Waals surface area contributed by atoms with E-state index >= 15 is 0 Å². The molecule has 3 radical (unpaired) electrons. The predicted octanol–water partition coefficient (Wildman–Crippen LogP) is 3.20. The summed E-state index contributed by atoms with van der Waals surface area (Å²) in [6, 6.07) is 4.36. The molecule has 0 heterocycles. The molecule has 1 aromatic rings. The molecule has 0 aliphatic heterocycles. The van der Waals surface area contributed by atoms with Crippen LogP contribution in [0.2, 0.25) is 6.80 Å². The van der Waals surface area contributed by atoms with Crippen LogP contribution in [0, 0.1) is 20.8 Å². The molecule has 0 N–H and O–H groups in total. The summed E-state index contributed by atoms with van der Waals surface area (Å²) in [5, 5.41) is 0. The summed E-state index contributed by atoms with van der Waals surface area (Å²) in [5.41, 5.74) is 3.97. The standard InChI is InChI=1S/C9H11Br.CH3B2/c1-6-4-7(2)9(10)8(3)5-6;1-3-2/h4-5H,1-3H3;1H3/i;1T. The van der Waals surface area contributed by atoms with Crippen LogP contribution in [0.15, 0.2) is 16.6 Å². The van der Waals surface area contributed by atoms with Crippen molar-refractivity contribution in [2.75, 3.05) is 0 Å². The van der Waals surface area contributed by atoms with Gasteiger partial charge in [-0.15, -0.1) is 6.80 Å². The van der Waals surface area contributed by atoms with Crippen molar-refractivity contribution in [1.29, 1.82) is 0 Å². The maximum absolute atomic E-state index is 6.27. The van der Waals surface area contributed by atoms with E-state index in [4.69, 9.17) is 9.11 Å². The fraction of sp³-hybridized carbons (Fsp3) is 0.400. The molecule has 0 aliphatic carbocycles. The Morgan fingerprint density at radius 2 is 1.69 bits per heavy atom. The SMILES string of the molecule is Cc1cc(C)c(Br)c(C)c1.[3H]C[B][B]. The maximum atomic E-state index is 6.27. The molecular weight excluding hydrogens is 222 g/mol. The zero-order chi connectivity index (χ0) is 11.1. The third kappa shape index (κ3) is 4.56. The van der Waals surface area contributed by atoms with E-state index in [1.165, 1.54) is 28.3 Å². The van der Waals surface area contributed by atoms with Crippen LogP contribution in [0.1, 0.15) is 18.1 Å². The van der Waals surface area contributed by atoms with E-state index in [-0.39, 0.29) is 6.80 Å². The summed E-state index contributed by atoms with van der Waals surface area (Å²) in [6.07, 6.45) is 0. The van der Waals surface area contributed by atoms with Crippen LogP contribution < -0.4 is 0 Å². The molecule has 0 atom stereocenters. The lowest BCUT2D eigenvalue weighted by Crippen LogP contribution is -1.82. The van der Waals surface area contributed by atoms with Crippen molar-refractivity contribution in [3.63, 3.8) is 0 Å². The Balaban J connectivity index is 0.000000364. The molecule has 0 nitrogen and oxygen atoms in total. The van der Waals surface area contributed by atoms with Gasteiger partial charge in [0.15, 0.2) is 0 Å². The zero-order valence-electron chi connectivity index (χ0n) is 9.39. The van der Waals surface area contributed by atoms with Gasteiger partial charge < -0.3 is 0 Å². The topological polar surface area (TPSA) is 0 Å². The van der Waals surface area contributed by atoms with E-state index in [2.05, 4.69) is 48.8 Å². The highest BCUT2D eigenvalue weighted by molar-refractivity contribution is 9.10. The number of benzene rings is 1. The Morgan fingerprint density at radius 1 is 1.31 bits per heavy atom. The number of rotatable bonds is 0. The normalized spacial score (nSPS) is 9.69. The third-order valence-corrected chi connectivity index (χ3v) is 2.83. The quantitative estimate of drug-likeness (QED) is 0.608. The van der Waals surface area contributed by atoms with E-state index < -0.39 is 0 Å². The second-order valence-electron chi connectivity index (χ2n) is 2.95. The summed E-state index contributed by atoms with van der Waals surface area (Å²) >= 11 is 3.51. The van der Waals surface area contributed by atoms with Gasteiger partial charge in [-0.1, -0.05) is 33.6 Å². The molecule has 0 aliphatic rings. The molecular formula is C10H14B2Br. The van der Waals surface area contributed by atoms with Gasteiger partial charge in [-0.05, 0) is 31.9 Å². The Labute approximate surface area is 93.3 Å². The van der Waals surface area contributed by atoms with Crippen molar-refractivity contribution < 1.29 is 1.37 Å². The lowest BCUT2D eigenvalue weighted by atomic mass is 9.59. The van der Waals surface area contributed by atoms with E-state index in [9.17, 15) is 0 Å². The molecule has 0 amide bonds. The van der Waals surface area contributed by atoms with Gasteiger partial charge in [0.05, 0.1) is 7.17 Å². The Kier molecular flexibility index (Phi) is 5.29. The van der Waals surface area contributed by atoms with Crippen molar-refractivity contribution in [3.8, 4) is 0 Å². The Bertz CT molecular complexity index is 264. The minimum absolute atomic E-state index is 0.222. The van der Waals surface area contributed by atoms with Gasteiger partial charge in [0, 0.05) is 13.6 Å². The van der Waals surface area contributed by atoms with Crippen molar-refractivity contribution in [1.82, 2.24) is 0 Å². The molecule has 0 aromatic heterocycles. The first kappa shape index (κ1) is 10.9. The van der Waals surface area contributed by atoms with Crippen LogP contribution in [-0.2, 0) is 0 Å². The minimum atomic E-state index is 0.222. The van der Waals surface area contributed by atoms with Crippen LogP contribution in [0.5, 0.6) is 0 Å². The smallest absolute Gasteiger partial charge is 0.0502 e. The van der Waals surface area contributed by atoms with Crippen LogP contribution in [0.4, 0.5) is 0 Å². The minimum Gasteiger partial charge on any atom is -0.101 e. The number of hydrogen-bond donors (Lipinski definition) is 0. The third-order valence-electron chi connectivity index (χ3n) is 1.58. The van der Waals surface area contributed by atoms with E-state index in [0.29, 0.717) is 0 Å². The first-order valence-electron chi connectivity index (χ1n) is 4.79. The van der Waals surface area contributed by atoms with Gasteiger partial charge in [-0.3, -0.25) is 0 Å². The molecule has 1 aromatic carbocycles. The van der Waals surface area contributed by atoms with E-state index in [1.54, 1.807) is 0 Å². The highest BCUT2D eigenvalue weighted by atomic mass is 79.9. The fourth-order valence-electron chi connectivity index (χ4n) is 1.16. The lowest BCUT2D eigenvalue weighted by molar-refractivity contribution is 1.29. The molecule has 0 unspecified atom stereocenters. The van der Waals surface area contributed by atoms with Crippen LogP contribution >= 0.6 is 15.9 Å². The average Bonchev–Trinajstić information content (AvgIpc) is 2.14. The molecule has 67 valence electrons. The summed E-state index contributed by atoms with van der Waals surface area (Å²) in [6.45, 7) is 6.57. The fourth-order valence-corrected chi connectivity index (χ4v) is 1.39. The number of halogens is 1. The van der Waals surface area contributed by atoms with E-state index in [1.807, 2.05) is 0 Å². The maximum Gasteiger partial charge on any atom is 0.0502 e. The molecule has 0 fully saturated rings. The van der Waals surface area contributed by atoms with Crippen molar-refractivity contribution in [2.24, 2.45) is 0 Å². The van der Waals surface area contributed by atoms with Gasteiger partial charge in [0.1, 0.15) is 0 Å². The molecule has 3 heteroatoms. The number of aryl methyl sites for hydroxylation is 3. The first-order valence-corrected chi connectivity index (χ1v) is 4.88. The van der Waals surface area contributed by atoms with Gasteiger partial charge in [-0.25, -0.2) is 0 Å². The lowest BCUT2D eigenvalue weighted by Gasteiger charge is -2.03. The molecule has 0 saturated heterocycles. The summed E-state index contributed by atoms with van der Waals surface area (Å²) < 4.78 is 7.51. The van der Waals surface area contributed by atoms with Crippen LogP contribution in [0.25, 0.3) is 0 Å². The van der Waals surface area contributed by atoms with Gasteiger partial charge >= 0.3 is 0 Å². The Hall–Kier alpha value is -0.170. The predicted molar refractivity (Wildman–Crippen MR) is 65.7 cm³/mol. The molecule has 0 saturated carbocycles. The average molecular weight is 238 g/mol. The van der Waals surface area contributed by atoms with E-state index in [0.717, 1.165) is 0 Å². The Morgan fingerprint density at radius 3 is 2.00 bits per heavy atom. The zero-order valence-corrected chi connectivity index (χ0v) is 9.98. The largest absolute Gasteiger partial charge is 0.101 e. The van der Waals surface area contributed by atoms with Gasteiger partial charge in [0.25, 0.3) is 0 Å². The highest BCUT2D eigenvalue weighted by Gasteiger charge is 1.97. The summed E-state index contributed by atoms with van der Waals surface area (Å²) in [5.74, 6) is 0. The molecule has 0 spiro atoms. The van der Waals surface area contributed by atoms with Crippen molar-refractivity contribution in [3.05, 3.63) is 33.3 Å². The van der Waals surface area contributed by atoms with Crippen LogP contribution in [0.3, 0.4) is 0 Å². The first-order chi connectivity index (χ1) is 6.52. The monoisotopic (exact) mass is 237 g/mol. The molecule has 0 bridgehead atoms. The van der Waals surface area contributed by atoms with Crippen molar-refractivity contribution in [2.45, 2.75) is 27.6 Å². The molecule has 1 rings (SSSR count). The highest BCUT2D eigenvalue weighted by Crippen LogP contribution is 2.21.